The normalized spacial score (nSPS) is 13.4. The first-order valence-corrected chi connectivity index (χ1v) is 7.28. The van der Waals surface area contributed by atoms with Crippen molar-refractivity contribution in [2.75, 3.05) is 14.2 Å². The first-order chi connectivity index (χ1) is 10.0. The van der Waals surface area contributed by atoms with Gasteiger partial charge in [0.25, 0.3) is 0 Å². The third-order valence-electron chi connectivity index (χ3n) is 3.39. The smallest absolute Gasteiger partial charge is 0.222 e. The van der Waals surface area contributed by atoms with Crippen molar-refractivity contribution in [1.82, 2.24) is 5.32 Å². The summed E-state index contributed by atoms with van der Waals surface area (Å²) in [6, 6.07) is 5.32. The Balaban J connectivity index is 2.70. The molecule has 2 atom stereocenters. The molecule has 0 aliphatic rings. The number of ether oxygens (including phenoxy) is 2. The van der Waals surface area contributed by atoms with Gasteiger partial charge in [-0.2, -0.15) is 0 Å². The monoisotopic (exact) mass is 294 g/mol. The number of nitrogens with two attached hydrogens (primary N) is 1. The van der Waals surface area contributed by atoms with Crippen molar-refractivity contribution in [1.29, 1.82) is 0 Å². The van der Waals surface area contributed by atoms with E-state index >= 15 is 0 Å². The van der Waals surface area contributed by atoms with Crippen LogP contribution < -0.4 is 20.5 Å². The Labute approximate surface area is 126 Å². The van der Waals surface area contributed by atoms with Crippen molar-refractivity contribution < 1.29 is 14.3 Å². The molecule has 21 heavy (non-hydrogen) atoms. The predicted octanol–water partition coefficient (Wildman–Crippen LogP) is 2.40. The molecule has 0 saturated heterocycles. The molecule has 0 spiro atoms. The molecule has 1 aromatic rings. The first-order valence-electron chi connectivity index (χ1n) is 7.28. The van der Waals surface area contributed by atoms with Crippen LogP contribution in [-0.4, -0.2) is 26.2 Å². The number of hydrogen-bond acceptors (Lipinski definition) is 4. The molecule has 118 valence electrons. The second-order valence-corrected chi connectivity index (χ2v) is 5.15. The number of methoxy groups -OCH3 is 2. The highest BCUT2D eigenvalue weighted by Gasteiger charge is 2.16. The van der Waals surface area contributed by atoms with Gasteiger partial charge in [0.1, 0.15) is 11.5 Å². The summed E-state index contributed by atoms with van der Waals surface area (Å²) < 4.78 is 10.5. The topological polar surface area (TPSA) is 73.6 Å². The quantitative estimate of drug-likeness (QED) is 0.772. The Morgan fingerprint density at radius 1 is 1.33 bits per heavy atom. The number of carbonyl (C=O) groups is 1. The van der Waals surface area contributed by atoms with E-state index in [4.69, 9.17) is 15.2 Å². The Kier molecular flexibility index (Phi) is 7.02. The van der Waals surface area contributed by atoms with Gasteiger partial charge in [-0.3, -0.25) is 4.79 Å². The van der Waals surface area contributed by atoms with Crippen molar-refractivity contribution >= 4 is 5.91 Å². The van der Waals surface area contributed by atoms with E-state index in [1.807, 2.05) is 19.1 Å². The summed E-state index contributed by atoms with van der Waals surface area (Å²) in [7, 11) is 3.21. The van der Waals surface area contributed by atoms with Gasteiger partial charge in [0.15, 0.2) is 0 Å². The minimum Gasteiger partial charge on any atom is -0.497 e. The number of benzene rings is 1. The van der Waals surface area contributed by atoms with E-state index in [9.17, 15) is 4.79 Å². The van der Waals surface area contributed by atoms with Crippen molar-refractivity contribution in [2.24, 2.45) is 5.73 Å². The third-order valence-corrected chi connectivity index (χ3v) is 3.39. The number of carbonyl (C=O) groups excluding carboxylic acids is 1. The maximum atomic E-state index is 12.0. The van der Waals surface area contributed by atoms with E-state index in [-0.39, 0.29) is 18.0 Å². The molecule has 1 aromatic carbocycles. The SMILES string of the molecule is CCCC(N)CC(=O)NC(C)c1ccc(OC)cc1OC. The molecule has 3 N–H and O–H groups in total. The third kappa shape index (κ3) is 5.27. The van der Waals surface area contributed by atoms with Gasteiger partial charge in [-0.25, -0.2) is 0 Å². The summed E-state index contributed by atoms with van der Waals surface area (Å²) in [6.45, 7) is 3.98. The molecular formula is C16H26N2O3. The zero-order valence-electron chi connectivity index (χ0n) is 13.3. The van der Waals surface area contributed by atoms with Crippen LogP contribution in [0.1, 0.15) is 44.7 Å². The predicted molar refractivity (Wildman–Crippen MR) is 83.6 cm³/mol. The Hall–Kier alpha value is -1.75. The molecule has 0 aliphatic carbocycles. The van der Waals surface area contributed by atoms with Crippen LogP contribution in [0, 0.1) is 0 Å². The first kappa shape index (κ1) is 17.3. The summed E-state index contributed by atoms with van der Waals surface area (Å²) in [5.74, 6) is 1.38. The minimum absolute atomic E-state index is 0.0404. The van der Waals surface area contributed by atoms with Gasteiger partial charge < -0.3 is 20.5 Å². The van der Waals surface area contributed by atoms with Gasteiger partial charge in [-0.1, -0.05) is 13.3 Å². The van der Waals surface area contributed by atoms with Crippen LogP contribution in [0.2, 0.25) is 0 Å². The maximum absolute atomic E-state index is 12.0. The van der Waals surface area contributed by atoms with Gasteiger partial charge in [0, 0.05) is 24.1 Å². The summed E-state index contributed by atoms with van der Waals surface area (Å²) in [4.78, 5) is 12.0. The lowest BCUT2D eigenvalue weighted by Crippen LogP contribution is -2.33. The van der Waals surface area contributed by atoms with Crippen molar-refractivity contribution in [3.8, 4) is 11.5 Å². The molecule has 0 aromatic heterocycles. The van der Waals surface area contributed by atoms with Crippen LogP contribution in [0.4, 0.5) is 0 Å². The molecule has 5 nitrogen and oxygen atoms in total. The zero-order chi connectivity index (χ0) is 15.8. The molecule has 0 radical (unpaired) electrons. The molecule has 0 fully saturated rings. The van der Waals surface area contributed by atoms with Crippen molar-refractivity contribution in [3.63, 3.8) is 0 Å². The van der Waals surface area contributed by atoms with Crippen LogP contribution >= 0.6 is 0 Å². The molecule has 5 heteroatoms. The van der Waals surface area contributed by atoms with Crippen LogP contribution in [0.5, 0.6) is 11.5 Å². The fourth-order valence-electron chi connectivity index (χ4n) is 2.27. The molecule has 2 unspecified atom stereocenters. The molecule has 0 heterocycles. The highest BCUT2D eigenvalue weighted by Crippen LogP contribution is 2.29. The Morgan fingerprint density at radius 2 is 2.05 bits per heavy atom. The van der Waals surface area contributed by atoms with Crippen LogP contribution in [0.3, 0.4) is 0 Å². The van der Waals surface area contributed by atoms with Crippen LogP contribution in [-0.2, 0) is 4.79 Å². The number of hydrogen-bond donors (Lipinski definition) is 2. The second-order valence-electron chi connectivity index (χ2n) is 5.15. The molecule has 0 saturated carbocycles. The number of nitrogens with one attached hydrogen (secondary N) is 1. The fourth-order valence-corrected chi connectivity index (χ4v) is 2.27. The van der Waals surface area contributed by atoms with E-state index in [1.54, 1.807) is 20.3 Å². The van der Waals surface area contributed by atoms with E-state index in [0.717, 1.165) is 24.2 Å². The fraction of sp³-hybridized carbons (Fsp3) is 0.562. The summed E-state index contributed by atoms with van der Waals surface area (Å²) in [5, 5.41) is 2.96. The lowest BCUT2D eigenvalue weighted by molar-refractivity contribution is -0.122. The highest BCUT2D eigenvalue weighted by atomic mass is 16.5. The largest absolute Gasteiger partial charge is 0.497 e. The number of amides is 1. The van der Waals surface area contributed by atoms with E-state index in [1.165, 1.54) is 0 Å². The summed E-state index contributed by atoms with van der Waals surface area (Å²) in [5.41, 5.74) is 6.80. The van der Waals surface area contributed by atoms with Gasteiger partial charge in [0.05, 0.1) is 20.3 Å². The average molecular weight is 294 g/mol. The maximum Gasteiger partial charge on any atom is 0.222 e. The van der Waals surface area contributed by atoms with Gasteiger partial charge in [-0.15, -0.1) is 0 Å². The van der Waals surface area contributed by atoms with E-state index < -0.39 is 0 Å². The average Bonchev–Trinajstić information content (AvgIpc) is 2.46. The Bertz CT molecular complexity index is 463. The van der Waals surface area contributed by atoms with Gasteiger partial charge >= 0.3 is 0 Å². The lowest BCUT2D eigenvalue weighted by atomic mass is 10.1. The zero-order valence-corrected chi connectivity index (χ0v) is 13.3. The highest BCUT2D eigenvalue weighted by molar-refractivity contribution is 5.77. The molecule has 1 amide bonds. The van der Waals surface area contributed by atoms with Crippen LogP contribution in [0.15, 0.2) is 18.2 Å². The van der Waals surface area contributed by atoms with Gasteiger partial charge in [-0.05, 0) is 25.5 Å². The Morgan fingerprint density at radius 3 is 2.62 bits per heavy atom. The van der Waals surface area contributed by atoms with Crippen molar-refractivity contribution in [3.05, 3.63) is 23.8 Å². The van der Waals surface area contributed by atoms with Crippen molar-refractivity contribution in [2.45, 2.75) is 45.2 Å². The summed E-state index contributed by atoms with van der Waals surface area (Å²) in [6.07, 6.45) is 2.18. The molecule has 1 rings (SSSR count). The minimum atomic E-state index is -0.146. The molecular weight excluding hydrogens is 268 g/mol. The van der Waals surface area contributed by atoms with E-state index in [2.05, 4.69) is 12.2 Å². The number of rotatable bonds is 8. The molecule has 0 aliphatic heterocycles. The standard InChI is InChI=1S/C16H26N2O3/c1-5-6-12(17)9-16(19)18-11(2)14-8-7-13(20-3)10-15(14)21-4/h7-8,10-12H,5-6,9,17H2,1-4H3,(H,18,19). The van der Waals surface area contributed by atoms with Gasteiger partial charge in [0.2, 0.25) is 5.91 Å². The second kappa shape index (κ2) is 8.52. The van der Waals surface area contributed by atoms with E-state index in [0.29, 0.717) is 12.2 Å². The lowest BCUT2D eigenvalue weighted by Gasteiger charge is -2.19. The summed E-state index contributed by atoms with van der Waals surface area (Å²) >= 11 is 0. The van der Waals surface area contributed by atoms with Crippen LogP contribution in [0.25, 0.3) is 0 Å². The molecule has 0 bridgehead atoms.